The topological polar surface area (TPSA) is 44.8 Å². The summed E-state index contributed by atoms with van der Waals surface area (Å²) in [6.07, 6.45) is -5.01. The molecule has 3 aromatic carbocycles. The first-order valence-electron chi connectivity index (χ1n) is 8.53. The van der Waals surface area contributed by atoms with Gasteiger partial charge < -0.3 is 14.2 Å². The molecule has 0 aliphatic heterocycles. The van der Waals surface area contributed by atoms with Crippen molar-refractivity contribution in [2.75, 3.05) is 0 Å². The lowest BCUT2D eigenvalue weighted by atomic mass is 10.2. The number of aryl methyl sites for hydroxylation is 1. The lowest BCUT2D eigenvalue weighted by Gasteiger charge is -2.13. The molecule has 0 amide bonds. The van der Waals surface area contributed by atoms with Crippen LogP contribution in [0, 0.1) is 18.6 Å². The second-order valence-corrected chi connectivity index (χ2v) is 6.61. The number of hydrogen-bond donors (Lipinski definition) is 0. The average molecular weight is 459 g/mol. The number of halogens is 6. The molecule has 10 heteroatoms. The van der Waals surface area contributed by atoms with Crippen molar-refractivity contribution in [2.24, 2.45) is 0 Å². The van der Waals surface area contributed by atoms with Crippen molar-refractivity contribution in [3.05, 3.63) is 82.4 Å². The van der Waals surface area contributed by atoms with Gasteiger partial charge in [0.2, 0.25) is 0 Å². The molecule has 0 radical (unpaired) electrons. The van der Waals surface area contributed by atoms with Gasteiger partial charge in [-0.25, -0.2) is 13.6 Å². The number of carbonyl (C=O) groups is 1. The number of ether oxygens (including phenoxy) is 3. The van der Waals surface area contributed by atoms with Crippen LogP contribution in [0.5, 0.6) is 23.0 Å². The smallest absolute Gasteiger partial charge is 0.454 e. The van der Waals surface area contributed by atoms with Crippen LogP contribution in [-0.4, -0.2) is 12.3 Å². The van der Waals surface area contributed by atoms with Crippen LogP contribution in [0.25, 0.3) is 0 Å². The molecule has 0 saturated carbocycles. The van der Waals surface area contributed by atoms with Crippen molar-refractivity contribution in [1.82, 2.24) is 0 Å². The van der Waals surface area contributed by atoms with Gasteiger partial charge in [-0.3, -0.25) is 0 Å². The van der Waals surface area contributed by atoms with E-state index in [-0.39, 0.29) is 16.5 Å². The largest absolute Gasteiger partial charge is 0.573 e. The van der Waals surface area contributed by atoms with Crippen LogP contribution < -0.4 is 14.2 Å². The molecule has 3 aromatic rings. The summed E-state index contributed by atoms with van der Waals surface area (Å²) in [4.78, 5) is 12.1. The van der Waals surface area contributed by atoms with Crippen molar-refractivity contribution in [2.45, 2.75) is 13.3 Å². The number of hydrogen-bond acceptors (Lipinski definition) is 4. The van der Waals surface area contributed by atoms with E-state index in [0.29, 0.717) is 12.1 Å². The van der Waals surface area contributed by atoms with E-state index in [9.17, 15) is 26.7 Å². The molecule has 0 fully saturated rings. The molecule has 0 heterocycles. The summed E-state index contributed by atoms with van der Waals surface area (Å²) < 4.78 is 79.8. The maximum atomic E-state index is 14.4. The second-order valence-electron chi connectivity index (χ2n) is 6.21. The highest BCUT2D eigenvalue weighted by Crippen LogP contribution is 2.36. The van der Waals surface area contributed by atoms with Crippen molar-refractivity contribution < 1.29 is 41.0 Å². The third-order valence-electron chi connectivity index (χ3n) is 3.83. The fourth-order valence-electron chi connectivity index (χ4n) is 2.41. The lowest BCUT2D eigenvalue weighted by molar-refractivity contribution is -0.274. The predicted octanol–water partition coefficient (Wildman–Crippen LogP) is 6.84. The third kappa shape index (κ3) is 5.85. The Kier molecular flexibility index (Phi) is 6.35. The van der Waals surface area contributed by atoms with E-state index in [1.165, 1.54) is 12.1 Å². The minimum atomic E-state index is -5.01. The Balaban J connectivity index is 1.81. The molecule has 4 nitrogen and oxygen atoms in total. The van der Waals surface area contributed by atoms with Gasteiger partial charge in [-0.2, -0.15) is 0 Å². The minimum absolute atomic E-state index is 0.133. The van der Waals surface area contributed by atoms with Gasteiger partial charge in [-0.15, -0.1) is 13.2 Å². The van der Waals surface area contributed by atoms with Crippen LogP contribution >= 0.6 is 11.6 Å². The number of esters is 1. The molecule has 0 spiro atoms. The summed E-state index contributed by atoms with van der Waals surface area (Å²) in [6.45, 7) is 1.82. The van der Waals surface area contributed by atoms with Crippen molar-refractivity contribution in [3.63, 3.8) is 0 Å². The third-order valence-corrected chi connectivity index (χ3v) is 4.14. The van der Waals surface area contributed by atoms with Gasteiger partial charge >= 0.3 is 12.3 Å². The summed E-state index contributed by atoms with van der Waals surface area (Å²) in [6, 6.07) is 10.3. The fraction of sp³-hybridized carbons (Fsp3) is 0.0952. The molecule has 162 valence electrons. The number of rotatable bonds is 5. The molecule has 0 N–H and O–H groups in total. The van der Waals surface area contributed by atoms with Crippen molar-refractivity contribution >= 4 is 17.6 Å². The highest BCUT2D eigenvalue weighted by atomic mass is 35.5. The molecule has 0 aromatic heterocycles. The summed E-state index contributed by atoms with van der Waals surface area (Å²) in [5.74, 6) is -5.08. The van der Waals surface area contributed by atoms with E-state index in [0.717, 1.165) is 23.8 Å². The first-order chi connectivity index (χ1) is 14.5. The zero-order chi connectivity index (χ0) is 22.8. The Bertz CT molecular complexity index is 1110. The zero-order valence-corrected chi connectivity index (χ0v) is 16.4. The van der Waals surface area contributed by atoms with Crippen LogP contribution in [0.2, 0.25) is 5.02 Å². The van der Waals surface area contributed by atoms with Gasteiger partial charge in [0.05, 0.1) is 10.6 Å². The van der Waals surface area contributed by atoms with Gasteiger partial charge in [0.25, 0.3) is 0 Å². The van der Waals surface area contributed by atoms with Crippen molar-refractivity contribution in [3.8, 4) is 23.0 Å². The molecule has 0 unspecified atom stereocenters. The maximum Gasteiger partial charge on any atom is 0.573 e. The Hall–Kier alpha value is -3.33. The van der Waals surface area contributed by atoms with Gasteiger partial charge in [0, 0.05) is 12.1 Å². The van der Waals surface area contributed by atoms with Crippen molar-refractivity contribution in [1.29, 1.82) is 0 Å². The van der Waals surface area contributed by atoms with Gasteiger partial charge in [-0.05, 0) is 37.3 Å². The van der Waals surface area contributed by atoms with Gasteiger partial charge in [0.15, 0.2) is 17.3 Å². The fourth-order valence-corrected chi connectivity index (χ4v) is 2.56. The lowest BCUT2D eigenvalue weighted by Crippen LogP contribution is -2.17. The number of carbonyl (C=O) groups excluding carboxylic acids is 1. The predicted molar refractivity (Wildman–Crippen MR) is 101 cm³/mol. The minimum Gasteiger partial charge on any atom is -0.454 e. The molecule has 0 aliphatic carbocycles. The zero-order valence-electron chi connectivity index (χ0n) is 15.6. The van der Waals surface area contributed by atoms with E-state index >= 15 is 0 Å². The summed E-state index contributed by atoms with van der Waals surface area (Å²) in [7, 11) is 0. The monoisotopic (exact) mass is 458 g/mol. The summed E-state index contributed by atoms with van der Waals surface area (Å²) in [5.41, 5.74) is 0.215. The van der Waals surface area contributed by atoms with E-state index in [2.05, 4.69) is 4.74 Å². The van der Waals surface area contributed by atoms with Crippen LogP contribution in [0.4, 0.5) is 22.0 Å². The molecule has 31 heavy (non-hydrogen) atoms. The van der Waals surface area contributed by atoms with E-state index in [1.807, 2.05) is 6.92 Å². The van der Waals surface area contributed by atoms with Crippen LogP contribution in [0.15, 0.2) is 54.6 Å². The first-order valence-corrected chi connectivity index (χ1v) is 8.90. The van der Waals surface area contributed by atoms with Crippen LogP contribution in [0.3, 0.4) is 0 Å². The second kappa shape index (κ2) is 8.81. The van der Waals surface area contributed by atoms with Gasteiger partial charge in [0.1, 0.15) is 17.3 Å². The Morgan fingerprint density at radius 1 is 0.871 bits per heavy atom. The Morgan fingerprint density at radius 2 is 1.52 bits per heavy atom. The standard InChI is InChI=1S/C21H12ClF5O4/c1-11-2-4-12(5-3-11)30-20(28)14-9-17(24)19(10-16(14)23)29-13-6-7-15(22)18(8-13)31-21(25,26)27/h2-10H,1H3. The van der Waals surface area contributed by atoms with Gasteiger partial charge in [-0.1, -0.05) is 29.3 Å². The molecule has 0 atom stereocenters. The van der Waals surface area contributed by atoms with Crippen LogP contribution in [-0.2, 0) is 0 Å². The maximum absolute atomic E-state index is 14.4. The SMILES string of the molecule is Cc1ccc(OC(=O)c2cc(F)c(Oc3ccc(Cl)c(OC(F)(F)F)c3)cc2F)cc1. The summed E-state index contributed by atoms with van der Waals surface area (Å²) >= 11 is 5.63. The average Bonchev–Trinajstić information content (AvgIpc) is 2.67. The Labute approximate surface area is 177 Å². The van der Waals surface area contributed by atoms with E-state index in [1.54, 1.807) is 12.1 Å². The van der Waals surface area contributed by atoms with E-state index in [4.69, 9.17) is 21.1 Å². The quantitative estimate of drug-likeness (QED) is 0.239. The summed E-state index contributed by atoms with van der Waals surface area (Å²) in [5, 5.41) is -0.370. The highest BCUT2D eigenvalue weighted by Gasteiger charge is 2.32. The molecular weight excluding hydrogens is 447 g/mol. The number of alkyl halides is 3. The number of benzene rings is 3. The molecule has 0 bridgehead atoms. The normalized spacial score (nSPS) is 11.2. The van der Waals surface area contributed by atoms with E-state index < -0.39 is 41.0 Å². The molecular formula is C21H12ClF5O4. The Morgan fingerprint density at radius 3 is 2.16 bits per heavy atom. The van der Waals surface area contributed by atoms with Crippen LogP contribution in [0.1, 0.15) is 15.9 Å². The highest BCUT2D eigenvalue weighted by molar-refractivity contribution is 6.32. The first kappa shape index (κ1) is 22.4. The molecule has 3 rings (SSSR count). The molecule has 0 saturated heterocycles. The molecule has 0 aliphatic rings.